The first-order chi connectivity index (χ1) is 6.42. The van der Waals surface area contributed by atoms with Gasteiger partial charge in [-0.3, -0.25) is 9.69 Å². The van der Waals surface area contributed by atoms with Crippen molar-refractivity contribution in [2.24, 2.45) is 5.41 Å². The van der Waals surface area contributed by atoms with Gasteiger partial charge in [-0.25, -0.2) is 0 Å². The summed E-state index contributed by atoms with van der Waals surface area (Å²) in [6.45, 7) is 11.1. The highest BCUT2D eigenvalue weighted by Crippen LogP contribution is 2.18. The minimum atomic E-state index is -0.185. The number of likely N-dealkylation sites (N-methyl/N-ethyl adjacent to an activating group) is 1. The molecule has 0 aromatic rings. The number of carbonyl (C=O) groups is 1. The summed E-state index contributed by atoms with van der Waals surface area (Å²) in [5.74, 6) is 0.288. The van der Waals surface area contributed by atoms with E-state index in [0.717, 1.165) is 32.7 Å². The van der Waals surface area contributed by atoms with Crippen LogP contribution in [0.15, 0.2) is 0 Å². The van der Waals surface area contributed by atoms with E-state index in [4.69, 9.17) is 0 Å². The first-order valence-corrected chi connectivity index (χ1v) is 5.34. The van der Waals surface area contributed by atoms with E-state index < -0.39 is 0 Å². The quantitative estimate of drug-likeness (QED) is 0.671. The van der Waals surface area contributed by atoms with Gasteiger partial charge in [0, 0.05) is 38.1 Å². The monoisotopic (exact) mass is 198 g/mol. The fourth-order valence-corrected chi connectivity index (χ4v) is 1.68. The molecule has 0 radical (unpaired) electrons. The van der Waals surface area contributed by atoms with Gasteiger partial charge in [0.15, 0.2) is 0 Å². The molecule has 0 atom stereocenters. The molecule has 0 N–H and O–H groups in total. The lowest BCUT2D eigenvalue weighted by atomic mass is 9.88. The molecule has 0 unspecified atom stereocenters. The smallest absolute Gasteiger partial charge is 0.136 e. The van der Waals surface area contributed by atoms with Crippen LogP contribution in [0.4, 0.5) is 0 Å². The Labute approximate surface area is 87.1 Å². The summed E-state index contributed by atoms with van der Waals surface area (Å²) in [6.07, 6.45) is 0. The molecule has 0 aromatic heterocycles. The number of Topliss-reactive ketones (excluding diaryl/α,β-unsaturated/α-hetero) is 1. The van der Waals surface area contributed by atoms with E-state index in [1.54, 1.807) is 6.92 Å². The Morgan fingerprint density at radius 2 is 1.71 bits per heavy atom. The second-order valence-electron chi connectivity index (χ2n) is 5.02. The summed E-state index contributed by atoms with van der Waals surface area (Å²) < 4.78 is 0. The highest BCUT2D eigenvalue weighted by molar-refractivity contribution is 5.81. The van der Waals surface area contributed by atoms with E-state index >= 15 is 0 Å². The summed E-state index contributed by atoms with van der Waals surface area (Å²) in [5, 5.41) is 0. The highest BCUT2D eigenvalue weighted by Gasteiger charge is 2.27. The van der Waals surface area contributed by atoms with Crippen LogP contribution in [-0.2, 0) is 4.79 Å². The molecule has 0 bridgehead atoms. The van der Waals surface area contributed by atoms with Crippen molar-refractivity contribution in [2.75, 3.05) is 39.8 Å². The zero-order valence-electron chi connectivity index (χ0n) is 9.84. The first kappa shape index (κ1) is 11.7. The maximum absolute atomic E-state index is 11.4. The first-order valence-electron chi connectivity index (χ1n) is 5.34. The van der Waals surface area contributed by atoms with Crippen LogP contribution < -0.4 is 0 Å². The Kier molecular flexibility index (Phi) is 3.67. The zero-order valence-corrected chi connectivity index (χ0v) is 9.84. The summed E-state index contributed by atoms with van der Waals surface area (Å²) in [7, 11) is 2.15. The predicted octanol–water partition coefficient (Wildman–Crippen LogP) is 0.849. The molecule has 82 valence electrons. The van der Waals surface area contributed by atoms with Crippen molar-refractivity contribution in [3.05, 3.63) is 0 Å². The molecule has 1 aliphatic rings. The third kappa shape index (κ3) is 3.07. The van der Waals surface area contributed by atoms with Crippen LogP contribution >= 0.6 is 0 Å². The van der Waals surface area contributed by atoms with Crippen LogP contribution in [0, 0.1) is 5.41 Å². The molecule has 3 heteroatoms. The van der Waals surface area contributed by atoms with Gasteiger partial charge in [-0.1, -0.05) is 13.8 Å². The van der Waals surface area contributed by atoms with Crippen molar-refractivity contribution in [3.63, 3.8) is 0 Å². The van der Waals surface area contributed by atoms with Crippen molar-refractivity contribution >= 4 is 5.78 Å². The number of ketones is 1. The molecule has 0 amide bonds. The normalized spacial score (nSPS) is 21.1. The molecule has 1 heterocycles. The Morgan fingerprint density at radius 3 is 2.14 bits per heavy atom. The van der Waals surface area contributed by atoms with Crippen LogP contribution in [0.2, 0.25) is 0 Å². The molecule has 1 fully saturated rings. The average Bonchev–Trinajstić information content (AvgIpc) is 2.08. The van der Waals surface area contributed by atoms with Gasteiger partial charge in [-0.15, -0.1) is 0 Å². The van der Waals surface area contributed by atoms with Gasteiger partial charge in [0.2, 0.25) is 0 Å². The van der Waals surface area contributed by atoms with E-state index in [2.05, 4.69) is 16.8 Å². The highest BCUT2D eigenvalue weighted by atomic mass is 16.1. The van der Waals surface area contributed by atoms with Crippen molar-refractivity contribution < 1.29 is 4.79 Å². The number of hydrogen-bond acceptors (Lipinski definition) is 3. The third-order valence-corrected chi connectivity index (χ3v) is 3.17. The fourth-order valence-electron chi connectivity index (χ4n) is 1.68. The maximum Gasteiger partial charge on any atom is 0.136 e. The largest absolute Gasteiger partial charge is 0.304 e. The van der Waals surface area contributed by atoms with Crippen molar-refractivity contribution in [1.29, 1.82) is 0 Å². The predicted molar refractivity (Wildman–Crippen MR) is 58.4 cm³/mol. The SMILES string of the molecule is CC(=O)C(C)(C)CN1CCN(C)CC1. The third-order valence-electron chi connectivity index (χ3n) is 3.17. The van der Waals surface area contributed by atoms with Gasteiger partial charge in [0.05, 0.1) is 0 Å². The number of rotatable bonds is 3. The van der Waals surface area contributed by atoms with Crippen LogP contribution in [0.1, 0.15) is 20.8 Å². The number of hydrogen-bond donors (Lipinski definition) is 0. The van der Waals surface area contributed by atoms with Crippen LogP contribution in [0.3, 0.4) is 0 Å². The van der Waals surface area contributed by atoms with Gasteiger partial charge < -0.3 is 4.90 Å². The van der Waals surface area contributed by atoms with Gasteiger partial charge in [0.1, 0.15) is 5.78 Å². The zero-order chi connectivity index (χ0) is 10.8. The number of carbonyl (C=O) groups excluding carboxylic acids is 1. The topological polar surface area (TPSA) is 23.6 Å². The van der Waals surface area contributed by atoms with E-state index in [-0.39, 0.29) is 11.2 Å². The Balaban J connectivity index is 2.41. The maximum atomic E-state index is 11.4. The van der Waals surface area contributed by atoms with Crippen LogP contribution in [0.25, 0.3) is 0 Å². The molecule has 0 aliphatic carbocycles. The van der Waals surface area contributed by atoms with Crippen molar-refractivity contribution in [1.82, 2.24) is 9.80 Å². The molecule has 0 saturated carbocycles. The van der Waals surface area contributed by atoms with E-state index in [9.17, 15) is 4.79 Å². The van der Waals surface area contributed by atoms with Gasteiger partial charge >= 0.3 is 0 Å². The van der Waals surface area contributed by atoms with Crippen molar-refractivity contribution in [3.8, 4) is 0 Å². The number of nitrogens with zero attached hydrogens (tertiary/aromatic N) is 2. The molecule has 14 heavy (non-hydrogen) atoms. The molecular weight excluding hydrogens is 176 g/mol. The van der Waals surface area contributed by atoms with Crippen molar-refractivity contribution in [2.45, 2.75) is 20.8 Å². The molecule has 0 spiro atoms. The Bertz CT molecular complexity index is 205. The summed E-state index contributed by atoms with van der Waals surface area (Å²) >= 11 is 0. The van der Waals surface area contributed by atoms with E-state index in [1.165, 1.54) is 0 Å². The molecule has 0 aromatic carbocycles. The van der Waals surface area contributed by atoms with Gasteiger partial charge in [-0.2, -0.15) is 0 Å². The lowest BCUT2D eigenvalue weighted by Gasteiger charge is -2.36. The summed E-state index contributed by atoms with van der Waals surface area (Å²) in [6, 6.07) is 0. The molecule has 3 nitrogen and oxygen atoms in total. The summed E-state index contributed by atoms with van der Waals surface area (Å²) in [4.78, 5) is 16.1. The average molecular weight is 198 g/mol. The van der Waals surface area contributed by atoms with Crippen LogP contribution in [0.5, 0.6) is 0 Å². The molecular formula is C11H22N2O. The molecule has 1 aliphatic heterocycles. The Hall–Kier alpha value is -0.410. The van der Waals surface area contributed by atoms with Gasteiger partial charge in [-0.05, 0) is 14.0 Å². The van der Waals surface area contributed by atoms with Crippen LogP contribution in [-0.4, -0.2) is 55.4 Å². The van der Waals surface area contributed by atoms with E-state index in [1.807, 2.05) is 13.8 Å². The minimum absolute atomic E-state index is 0.185. The second kappa shape index (κ2) is 4.41. The second-order valence-corrected chi connectivity index (χ2v) is 5.02. The Morgan fingerprint density at radius 1 is 1.21 bits per heavy atom. The van der Waals surface area contributed by atoms with E-state index in [0.29, 0.717) is 0 Å². The fraction of sp³-hybridized carbons (Fsp3) is 0.909. The standard InChI is InChI=1S/C11H22N2O/c1-10(14)11(2,3)9-13-7-5-12(4)6-8-13/h5-9H2,1-4H3. The lowest BCUT2D eigenvalue weighted by Crippen LogP contribution is -2.48. The van der Waals surface area contributed by atoms with Gasteiger partial charge in [0.25, 0.3) is 0 Å². The number of piperazine rings is 1. The molecule has 1 saturated heterocycles. The lowest BCUT2D eigenvalue weighted by molar-refractivity contribution is -0.126. The minimum Gasteiger partial charge on any atom is -0.304 e. The summed E-state index contributed by atoms with van der Waals surface area (Å²) in [5.41, 5.74) is -0.185. The molecule has 1 rings (SSSR count).